The fourth-order valence-corrected chi connectivity index (χ4v) is 4.17. The molecule has 2 aromatic rings. The van der Waals surface area contributed by atoms with Gasteiger partial charge in [0, 0.05) is 4.47 Å². The van der Waals surface area contributed by atoms with Gasteiger partial charge in [0.25, 0.3) is 0 Å². The van der Waals surface area contributed by atoms with Crippen molar-refractivity contribution in [3.63, 3.8) is 0 Å². The molecule has 0 saturated heterocycles. The van der Waals surface area contributed by atoms with Crippen LogP contribution in [0.2, 0.25) is 5.02 Å². The van der Waals surface area contributed by atoms with Gasteiger partial charge in [-0.3, -0.25) is 0 Å². The van der Waals surface area contributed by atoms with Crippen molar-refractivity contribution in [1.29, 1.82) is 0 Å². The minimum absolute atomic E-state index is 0.0804. The van der Waals surface area contributed by atoms with E-state index in [1.807, 2.05) is 38.1 Å². The average molecular weight is 389 g/mol. The maximum absolute atomic E-state index is 12.5. The van der Waals surface area contributed by atoms with Crippen molar-refractivity contribution in [3.05, 3.63) is 63.6 Å². The molecule has 0 spiro atoms. The van der Waals surface area contributed by atoms with Crippen molar-refractivity contribution in [2.75, 3.05) is 0 Å². The summed E-state index contributed by atoms with van der Waals surface area (Å²) in [5, 5.41) is 0.205. The lowest BCUT2D eigenvalue weighted by Gasteiger charge is -2.27. The summed E-state index contributed by atoms with van der Waals surface area (Å²) >= 11 is 9.34. The van der Waals surface area contributed by atoms with Crippen molar-refractivity contribution in [1.82, 2.24) is 4.72 Å². The van der Waals surface area contributed by atoms with E-state index in [-0.39, 0.29) is 9.92 Å². The number of rotatable bonds is 4. The molecule has 0 aliphatic carbocycles. The molecule has 0 amide bonds. The van der Waals surface area contributed by atoms with E-state index in [0.29, 0.717) is 0 Å². The van der Waals surface area contributed by atoms with Crippen molar-refractivity contribution >= 4 is 37.6 Å². The SMILES string of the molecule is CC(C)(NS(=O)(=O)c1ccccc1Cl)c1ccc(Br)cc1. The second-order valence-electron chi connectivity index (χ2n) is 5.17. The molecule has 0 fully saturated rings. The Bertz CT molecular complexity index is 743. The zero-order valence-electron chi connectivity index (χ0n) is 11.6. The lowest BCUT2D eigenvalue weighted by atomic mass is 9.96. The maximum atomic E-state index is 12.5. The zero-order valence-corrected chi connectivity index (χ0v) is 14.8. The van der Waals surface area contributed by atoms with E-state index < -0.39 is 15.6 Å². The lowest BCUT2D eigenvalue weighted by molar-refractivity contribution is 0.472. The smallest absolute Gasteiger partial charge is 0.207 e. The van der Waals surface area contributed by atoms with Gasteiger partial charge in [-0.1, -0.05) is 51.8 Å². The van der Waals surface area contributed by atoms with Gasteiger partial charge in [-0.05, 0) is 43.7 Å². The second-order valence-corrected chi connectivity index (χ2v) is 8.14. The Morgan fingerprint density at radius 1 is 1.05 bits per heavy atom. The fraction of sp³-hybridized carbons (Fsp3) is 0.200. The molecule has 0 atom stereocenters. The van der Waals surface area contributed by atoms with E-state index in [1.54, 1.807) is 18.2 Å². The summed E-state index contributed by atoms with van der Waals surface area (Å²) in [6.07, 6.45) is 0. The first-order chi connectivity index (χ1) is 9.72. The molecule has 0 bridgehead atoms. The molecule has 0 aromatic heterocycles. The minimum Gasteiger partial charge on any atom is -0.207 e. The molecule has 0 aliphatic rings. The summed E-state index contributed by atoms with van der Waals surface area (Å²) in [5.41, 5.74) is 0.111. The van der Waals surface area contributed by atoms with Crippen LogP contribution >= 0.6 is 27.5 Å². The third-order valence-corrected chi connectivity index (χ3v) is 5.77. The van der Waals surface area contributed by atoms with Gasteiger partial charge in [0.1, 0.15) is 4.90 Å². The van der Waals surface area contributed by atoms with Crippen LogP contribution in [0.1, 0.15) is 19.4 Å². The molecule has 0 heterocycles. The Kier molecular flexibility index (Phi) is 4.78. The Morgan fingerprint density at radius 2 is 1.62 bits per heavy atom. The lowest BCUT2D eigenvalue weighted by Crippen LogP contribution is -2.40. The maximum Gasteiger partial charge on any atom is 0.242 e. The fourth-order valence-electron chi connectivity index (χ4n) is 1.98. The first-order valence-electron chi connectivity index (χ1n) is 6.27. The molecule has 21 heavy (non-hydrogen) atoms. The number of halogens is 2. The van der Waals surface area contributed by atoms with Crippen molar-refractivity contribution in [2.24, 2.45) is 0 Å². The molecular weight excluding hydrogens is 374 g/mol. The highest BCUT2D eigenvalue weighted by atomic mass is 79.9. The van der Waals surface area contributed by atoms with Crippen LogP contribution < -0.4 is 4.72 Å². The number of sulfonamides is 1. The van der Waals surface area contributed by atoms with Crippen molar-refractivity contribution < 1.29 is 8.42 Å². The quantitative estimate of drug-likeness (QED) is 0.848. The van der Waals surface area contributed by atoms with Crippen molar-refractivity contribution in [3.8, 4) is 0 Å². The molecule has 6 heteroatoms. The van der Waals surface area contributed by atoms with E-state index in [2.05, 4.69) is 20.7 Å². The molecule has 2 rings (SSSR count). The summed E-state index contributed by atoms with van der Waals surface area (Å²) < 4.78 is 28.6. The first kappa shape index (κ1) is 16.5. The van der Waals surface area contributed by atoms with E-state index in [9.17, 15) is 8.42 Å². The molecule has 1 N–H and O–H groups in total. The highest BCUT2D eigenvalue weighted by Gasteiger charge is 2.29. The second kappa shape index (κ2) is 6.08. The zero-order chi connectivity index (χ0) is 15.7. The van der Waals surface area contributed by atoms with Crippen LogP contribution in [0.4, 0.5) is 0 Å². The molecular formula is C15H15BrClNO2S. The van der Waals surface area contributed by atoms with Crippen LogP contribution in [0.5, 0.6) is 0 Å². The van der Waals surface area contributed by atoms with Gasteiger partial charge in [-0.15, -0.1) is 0 Å². The summed E-state index contributed by atoms with van der Waals surface area (Å²) in [4.78, 5) is 0.0804. The molecule has 0 radical (unpaired) electrons. The Morgan fingerprint density at radius 3 is 2.19 bits per heavy atom. The number of hydrogen-bond acceptors (Lipinski definition) is 2. The van der Waals surface area contributed by atoms with Gasteiger partial charge in [0.05, 0.1) is 10.6 Å². The number of hydrogen-bond donors (Lipinski definition) is 1. The summed E-state index contributed by atoms with van der Waals surface area (Å²) in [6, 6.07) is 13.9. The molecule has 2 aromatic carbocycles. The largest absolute Gasteiger partial charge is 0.242 e. The van der Waals surface area contributed by atoms with Crippen LogP contribution in [0, 0.1) is 0 Å². The summed E-state index contributed by atoms with van der Waals surface area (Å²) in [7, 11) is -3.70. The van der Waals surface area contributed by atoms with Gasteiger partial charge >= 0.3 is 0 Å². The van der Waals surface area contributed by atoms with Crippen LogP contribution in [0.3, 0.4) is 0 Å². The van der Waals surface area contributed by atoms with Crippen LogP contribution in [-0.4, -0.2) is 8.42 Å². The van der Waals surface area contributed by atoms with Crippen LogP contribution in [-0.2, 0) is 15.6 Å². The minimum atomic E-state index is -3.70. The molecule has 0 aliphatic heterocycles. The van der Waals surface area contributed by atoms with Crippen LogP contribution in [0.25, 0.3) is 0 Å². The van der Waals surface area contributed by atoms with Gasteiger partial charge in [-0.25, -0.2) is 13.1 Å². The van der Waals surface area contributed by atoms with Gasteiger partial charge in [0.2, 0.25) is 10.0 Å². The monoisotopic (exact) mass is 387 g/mol. The van der Waals surface area contributed by atoms with E-state index in [4.69, 9.17) is 11.6 Å². The highest BCUT2D eigenvalue weighted by Crippen LogP contribution is 2.27. The summed E-state index contributed by atoms with van der Waals surface area (Å²) in [6.45, 7) is 3.62. The van der Waals surface area contributed by atoms with Crippen LogP contribution in [0.15, 0.2) is 57.9 Å². The van der Waals surface area contributed by atoms with E-state index >= 15 is 0 Å². The third kappa shape index (κ3) is 3.86. The topological polar surface area (TPSA) is 46.2 Å². The van der Waals surface area contributed by atoms with E-state index in [1.165, 1.54) is 6.07 Å². The molecule has 3 nitrogen and oxygen atoms in total. The normalized spacial score (nSPS) is 12.4. The molecule has 112 valence electrons. The molecule has 0 unspecified atom stereocenters. The standard InChI is InChI=1S/C15H15BrClNO2S/c1-15(2,11-7-9-12(16)10-8-11)18-21(19,20)14-6-4-3-5-13(14)17/h3-10,18H,1-2H3. The predicted octanol–water partition coefficient (Wildman–Crippen LogP) is 4.32. The number of benzene rings is 2. The Labute approximate surface area is 138 Å². The highest BCUT2D eigenvalue weighted by molar-refractivity contribution is 9.10. The molecule has 0 saturated carbocycles. The first-order valence-corrected chi connectivity index (χ1v) is 8.92. The van der Waals surface area contributed by atoms with Crippen molar-refractivity contribution in [2.45, 2.75) is 24.3 Å². The van der Waals surface area contributed by atoms with Gasteiger partial charge in [-0.2, -0.15) is 0 Å². The number of nitrogens with one attached hydrogen (secondary N) is 1. The Hall–Kier alpha value is -0.880. The Balaban J connectivity index is 2.35. The predicted molar refractivity (Wildman–Crippen MR) is 88.9 cm³/mol. The third-order valence-electron chi connectivity index (χ3n) is 3.08. The van der Waals surface area contributed by atoms with Gasteiger partial charge < -0.3 is 0 Å². The van der Waals surface area contributed by atoms with E-state index in [0.717, 1.165) is 10.0 Å². The summed E-state index contributed by atoms with van der Waals surface area (Å²) in [5.74, 6) is 0. The van der Waals surface area contributed by atoms with Gasteiger partial charge in [0.15, 0.2) is 0 Å². The average Bonchev–Trinajstić information content (AvgIpc) is 2.38.